The van der Waals surface area contributed by atoms with Crippen molar-refractivity contribution in [1.82, 2.24) is 10.2 Å². The second kappa shape index (κ2) is 7.09. The summed E-state index contributed by atoms with van der Waals surface area (Å²) in [5.74, 6) is 0.992. The third-order valence-corrected chi connectivity index (χ3v) is 4.42. The monoisotopic (exact) mass is 276 g/mol. The molecule has 1 N–H and O–H groups in total. The van der Waals surface area contributed by atoms with Gasteiger partial charge in [-0.25, -0.2) is 0 Å². The molecule has 1 aliphatic rings. The fourth-order valence-electron chi connectivity index (χ4n) is 3.00. The summed E-state index contributed by atoms with van der Waals surface area (Å²) in [5.41, 5.74) is 2.57. The van der Waals surface area contributed by atoms with Crippen LogP contribution in [0.15, 0.2) is 18.2 Å². The highest BCUT2D eigenvalue weighted by atomic mass is 16.5. The van der Waals surface area contributed by atoms with Gasteiger partial charge in [0.15, 0.2) is 0 Å². The first-order valence-corrected chi connectivity index (χ1v) is 7.70. The fourth-order valence-corrected chi connectivity index (χ4v) is 3.00. The van der Waals surface area contributed by atoms with Crippen molar-refractivity contribution in [3.05, 3.63) is 29.3 Å². The molecule has 3 nitrogen and oxygen atoms in total. The van der Waals surface area contributed by atoms with Crippen molar-refractivity contribution >= 4 is 0 Å². The molecule has 1 fully saturated rings. The summed E-state index contributed by atoms with van der Waals surface area (Å²) in [5, 5.41) is 3.62. The Labute approximate surface area is 123 Å². The van der Waals surface area contributed by atoms with Crippen molar-refractivity contribution in [3.63, 3.8) is 0 Å². The van der Waals surface area contributed by atoms with E-state index < -0.39 is 0 Å². The maximum Gasteiger partial charge on any atom is 0.123 e. The Morgan fingerprint density at radius 2 is 2.20 bits per heavy atom. The van der Waals surface area contributed by atoms with Gasteiger partial charge in [-0.15, -0.1) is 0 Å². The van der Waals surface area contributed by atoms with Crippen LogP contribution in [0.4, 0.5) is 0 Å². The molecule has 0 aromatic heterocycles. The number of piperidine rings is 1. The molecule has 0 saturated carbocycles. The predicted octanol–water partition coefficient (Wildman–Crippen LogP) is 3.14. The highest BCUT2D eigenvalue weighted by Crippen LogP contribution is 2.29. The number of aryl methyl sites for hydroxylation is 1. The average molecular weight is 276 g/mol. The molecule has 112 valence electrons. The second-order valence-electron chi connectivity index (χ2n) is 6.01. The van der Waals surface area contributed by atoms with Crippen LogP contribution in [0.2, 0.25) is 0 Å². The van der Waals surface area contributed by atoms with Crippen LogP contribution in [0, 0.1) is 6.92 Å². The van der Waals surface area contributed by atoms with Gasteiger partial charge in [0.2, 0.25) is 0 Å². The third-order valence-electron chi connectivity index (χ3n) is 4.42. The first-order chi connectivity index (χ1) is 9.61. The Balaban J connectivity index is 2.05. The van der Waals surface area contributed by atoms with Crippen LogP contribution in [0.1, 0.15) is 43.4 Å². The summed E-state index contributed by atoms with van der Waals surface area (Å²) in [4.78, 5) is 2.43. The molecule has 3 heteroatoms. The molecule has 0 aliphatic carbocycles. The molecular formula is C17H28N2O. The van der Waals surface area contributed by atoms with Gasteiger partial charge in [-0.3, -0.25) is 4.90 Å². The summed E-state index contributed by atoms with van der Waals surface area (Å²) in [6, 6.07) is 7.43. The zero-order valence-electron chi connectivity index (χ0n) is 13.3. The van der Waals surface area contributed by atoms with E-state index in [9.17, 15) is 0 Å². The van der Waals surface area contributed by atoms with Crippen LogP contribution in [0.3, 0.4) is 0 Å². The third kappa shape index (κ3) is 3.74. The van der Waals surface area contributed by atoms with Gasteiger partial charge in [-0.1, -0.05) is 24.1 Å². The minimum Gasteiger partial charge on any atom is -0.496 e. The molecule has 1 aromatic rings. The zero-order valence-corrected chi connectivity index (χ0v) is 13.3. The normalized spacial score (nSPS) is 20.9. The molecule has 2 unspecified atom stereocenters. The highest BCUT2D eigenvalue weighted by molar-refractivity contribution is 5.38. The summed E-state index contributed by atoms with van der Waals surface area (Å²) in [7, 11) is 3.96. The summed E-state index contributed by atoms with van der Waals surface area (Å²) < 4.78 is 5.52. The van der Waals surface area contributed by atoms with Gasteiger partial charge in [0.1, 0.15) is 5.75 Å². The Hall–Kier alpha value is -1.06. The standard InChI is InChI=1S/C17H28N2O/c1-13-8-9-17(20-4)16(11-13)14(2)19(3)12-15-7-5-6-10-18-15/h8-9,11,14-15,18H,5-7,10,12H2,1-4H3. The highest BCUT2D eigenvalue weighted by Gasteiger charge is 2.20. The second-order valence-corrected chi connectivity index (χ2v) is 6.01. The summed E-state index contributed by atoms with van der Waals surface area (Å²) >= 11 is 0. The van der Waals surface area contributed by atoms with Crippen LogP contribution in [-0.2, 0) is 0 Å². The number of benzene rings is 1. The van der Waals surface area contributed by atoms with Crippen molar-refractivity contribution in [3.8, 4) is 5.75 Å². The minimum atomic E-state index is 0.369. The zero-order chi connectivity index (χ0) is 14.5. The molecule has 0 radical (unpaired) electrons. The van der Waals surface area contributed by atoms with E-state index in [0.717, 1.165) is 12.3 Å². The van der Waals surface area contributed by atoms with Gasteiger partial charge in [-0.2, -0.15) is 0 Å². The van der Waals surface area contributed by atoms with Gasteiger partial charge in [0.25, 0.3) is 0 Å². The van der Waals surface area contributed by atoms with E-state index in [-0.39, 0.29) is 0 Å². The molecule has 0 bridgehead atoms. The van der Waals surface area contributed by atoms with Gasteiger partial charge in [0, 0.05) is 24.2 Å². The molecule has 1 aromatic carbocycles. The van der Waals surface area contributed by atoms with E-state index in [1.165, 1.54) is 36.9 Å². The number of hydrogen-bond acceptors (Lipinski definition) is 3. The van der Waals surface area contributed by atoms with Crippen molar-refractivity contribution in [2.75, 3.05) is 27.2 Å². The molecule has 0 spiro atoms. The van der Waals surface area contributed by atoms with Crippen molar-refractivity contribution in [2.24, 2.45) is 0 Å². The maximum absolute atomic E-state index is 5.52. The summed E-state index contributed by atoms with van der Waals surface area (Å²) in [6.07, 6.45) is 3.97. The molecule has 1 aliphatic heterocycles. The van der Waals surface area contributed by atoms with Crippen LogP contribution in [-0.4, -0.2) is 38.2 Å². The molecule has 20 heavy (non-hydrogen) atoms. The minimum absolute atomic E-state index is 0.369. The van der Waals surface area contributed by atoms with Crippen molar-refractivity contribution in [2.45, 2.75) is 45.2 Å². The van der Waals surface area contributed by atoms with Crippen LogP contribution < -0.4 is 10.1 Å². The molecular weight excluding hydrogens is 248 g/mol. The molecule has 2 atom stereocenters. The maximum atomic E-state index is 5.52. The van der Waals surface area contributed by atoms with Gasteiger partial charge in [0.05, 0.1) is 7.11 Å². The topological polar surface area (TPSA) is 24.5 Å². The van der Waals surface area contributed by atoms with Gasteiger partial charge < -0.3 is 10.1 Å². The number of hydrogen-bond donors (Lipinski definition) is 1. The number of rotatable bonds is 5. The van der Waals surface area contributed by atoms with E-state index in [1.807, 2.05) is 0 Å². The lowest BCUT2D eigenvalue weighted by Crippen LogP contribution is -2.43. The van der Waals surface area contributed by atoms with E-state index in [1.54, 1.807) is 7.11 Å². The number of methoxy groups -OCH3 is 1. The fraction of sp³-hybridized carbons (Fsp3) is 0.647. The predicted molar refractivity (Wildman–Crippen MR) is 84.4 cm³/mol. The molecule has 1 heterocycles. The van der Waals surface area contributed by atoms with Crippen LogP contribution in [0.5, 0.6) is 5.75 Å². The molecule has 0 amide bonds. The first kappa shape index (κ1) is 15.3. The average Bonchev–Trinajstić information content (AvgIpc) is 2.47. The number of likely N-dealkylation sites (N-methyl/N-ethyl adjacent to an activating group) is 1. The van der Waals surface area contributed by atoms with E-state index in [4.69, 9.17) is 4.74 Å². The lowest BCUT2D eigenvalue weighted by Gasteiger charge is -2.32. The SMILES string of the molecule is COc1ccc(C)cc1C(C)N(C)CC1CCCCN1. The largest absolute Gasteiger partial charge is 0.496 e. The summed E-state index contributed by atoms with van der Waals surface area (Å²) in [6.45, 7) is 6.66. The van der Waals surface area contributed by atoms with Gasteiger partial charge >= 0.3 is 0 Å². The number of ether oxygens (including phenoxy) is 1. The first-order valence-electron chi connectivity index (χ1n) is 7.70. The van der Waals surface area contributed by atoms with E-state index in [2.05, 4.69) is 49.3 Å². The molecule has 1 saturated heterocycles. The number of nitrogens with one attached hydrogen (secondary N) is 1. The van der Waals surface area contributed by atoms with Crippen molar-refractivity contribution in [1.29, 1.82) is 0 Å². The Morgan fingerprint density at radius 3 is 2.85 bits per heavy atom. The number of nitrogens with zero attached hydrogens (tertiary/aromatic N) is 1. The quantitative estimate of drug-likeness (QED) is 0.894. The lowest BCUT2D eigenvalue weighted by molar-refractivity contribution is 0.211. The Morgan fingerprint density at radius 1 is 1.40 bits per heavy atom. The van der Waals surface area contributed by atoms with E-state index in [0.29, 0.717) is 12.1 Å². The van der Waals surface area contributed by atoms with E-state index >= 15 is 0 Å². The van der Waals surface area contributed by atoms with Gasteiger partial charge in [-0.05, 0) is 46.3 Å². The smallest absolute Gasteiger partial charge is 0.123 e. The van der Waals surface area contributed by atoms with Crippen LogP contribution >= 0.6 is 0 Å². The Bertz CT molecular complexity index is 427. The van der Waals surface area contributed by atoms with Crippen LogP contribution in [0.25, 0.3) is 0 Å². The van der Waals surface area contributed by atoms with Crippen molar-refractivity contribution < 1.29 is 4.74 Å². The lowest BCUT2D eigenvalue weighted by atomic mass is 10.0. The Kier molecular flexibility index (Phi) is 5.44. The molecule has 2 rings (SSSR count).